The first kappa shape index (κ1) is 13.7. The van der Waals surface area contributed by atoms with Crippen LogP contribution in [0.2, 0.25) is 0 Å². The van der Waals surface area contributed by atoms with E-state index in [9.17, 15) is 4.39 Å². The molecule has 94 valence electrons. The summed E-state index contributed by atoms with van der Waals surface area (Å²) in [6.45, 7) is 10.3. The largest absolute Gasteiger partial charge is 0.251 e. The summed E-state index contributed by atoms with van der Waals surface area (Å²) < 4.78 is 13.0. The molecule has 0 bridgehead atoms. The maximum Gasteiger partial charge on any atom is 0.0925 e. The van der Waals surface area contributed by atoms with Gasteiger partial charge < -0.3 is 0 Å². The van der Waals surface area contributed by atoms with Gasteiger partial charge in [0.25, 0.3) is 0 Å². The van der Waals surface area contributed by atoms with Crippen LogP contribution in [0.15, 0.2) is 12.2 Å². The molecule has 1 fully saturated rings. The van der Waals surface area contributed by atoms with E-state index in [2.05, 4.69) is 27.4 Å². The standard InChI is InChI=1S/C15H27F/c1-12(2)13(3)10-15(14(4)11-16)8-6-5-7-9-15/h13-14H,1,5-11H2,2-4H3. The molecule has 0 radical (unpaired) electrons. The van der Waals surface area contributed by atoms with E-state index >= 15 is 0 Å². The van der Waals surface area contributed by atoms with Crippen molar-refractivity contribution in [2.75, 3.05) is 6.67 Å². The lowest BCUT2D eigenvalue weighted by molar-refractivity contribution is 0.0646. The first-order chi connectivity index (χ1) is 7.52. The van der Waals surface area contributed by atoms with E-state index in [0.717, 1.165) is 6.42 Å². The van der Waals surface area contributed by atoms with E-state index in [4.69, 9.17) is 0 Å². The molecule has 0 amide bonds. The predicted molar refractivity (Wildman–Crippen MR) is 69.3 cm³/mol. The highest BCUT2D eigenvalue weighted by atomic mass is 19.1. The smallest absolute Gasteiger partial charge is 0.0925 e. The lowest BCUT2D eigenvalue weighted by Crippen LogP contribution is -2.34. The fraction of sp³-hybridized carbons (Fsp3) is 0.867. The highest BCUT2D eigenvalue weighted by Gasteiger charge is 2.38. The van der Waals surface area contributed by atoms with Crippen molar-refractivity contribution in [3.8, 4) is 0 Å². The Bertz CT molecular complexity index is 226. The predicted octanol–water partition coefficient (Wildman–Crippen LogP) is 5.14. The third-order valence-electron chi connectivity index (χ3n) is 4.68. The molecule has 2 atom stereocenters. The van der Waals surface area contributed by atoms with Crippen LogP contribution >= 0.6 is 0 Å². The third-order valence-corrected chi connectivity index (χ3v) is 4.68. The summed E-state index contributed by atoms with van der Waals surface area (Å²) in [5.41, 5.74) is 1.50. The van der Waals surface area contributed by atoms with Crippen molar-refractivity contribution in [2.24, 2.45) is 17.3 Å². The molecular weight excluding hydrogens is 199 g/mol. The van der Waals surface area contributed by atoms with Crippen LogP contribution < -0.4 is 0 Å². The summed E-state index contributed by atoms with van der Waals surface area (Å²) in [6.07, 6.45) is 7.47. The number of hydrogen-bond donors (Lipinski definition) is 0. The Morgan fingerprint density at radius 1 is 1.25 bits per heavy atom. The fourth-order valence-corrected chi connectivity index (χ4v) is 3.10. The van der Waals surface area contributed by atoms with Crippen LogP contribution in [0.5, 0.6) is 0 Å². The first-order valence-electron chi connectivity index (χ1n) is 6.73. The third kappa shape index (κ3) is 3.09. The van der Waals surface area contributed by atoms with Gasteiger partial charge in [-0.3, -0.25) is 4.39 Å². The Morgan fingerprint density at radius 2 is 1.81 bits per heavy atom. The quantitative estimate of drug-likeness (QED) is 0.569. The fourth-order valence-electron chi connectivity index (χ4n) is 3.10. The number of hydrogen-bond acceptors (Lipinski definition) is 0. The lowest BCUT2D eigenvalue weighted by atomic mass is 9.62. The molecule has 0 N–H and O–H groups in total. The van der Waals surface area contributed by atoms with E-state index in [1.165, 1.54) is 37.7 Å². The van der Waals surface area contributed by atoms with Crippen LogP contribution in [0.4, 0.5) is 4.39 Å². The molecule has 16 heavy (non-hydrogen) atoms. The first-order valence-corrected chi connectivity index (χ1v) is 6.73. The van der Waals surface area contributed by atoms with Crippen molar-refractivity contribution >= 4 is 0 Å². The van der Waals surface area contributed by atoms with Gasteiger partial charge >= 0.3 is 0 Å². The van der Waals surface area contributed by atoms with E-state index in [-0.39, 0.29) is 18.0 Å². The number of allylic oxidation sites excluding steroid dienone is 1. The molecule has 1 aliphatic carbocycles. The van der Waals surface area contributed by atoms with Crippen molar-refractivity contribution in [1.29, 1.82) is 0 Å². The molecule has 0 saturated heterocycles. The van der Waals surface area contributed by atoms with Gasteiger partial charge in [0.05, 0.1) is 6.67 Å². The number of alkyl halides is 1. The van der Waals surface area contributed by atoms with E-state index in [1.54, 1.807) is 0 Å². The van der Waals surface area contributed by atoms with Gasteiger partial charge in [-0.05, 0) is 43.4 Å². The van der Waals surface area contributed by atoms with Gasteiger partial charge in [-0.25, -0.2) is 0 Å². The Kier molecular flexibility index (Phi) is 5.01. The molecule has 1 aliphatic rings. The molecule has 0 aromatic carbocycles. The van der Waals surface area contributed by atoms with Gasteiger partial charge in [-0.2, -0.15) is 0 Å². The van der Waals surface area contributed by atoms with Gasteiger partial charge in [-0.15, -0.1) is 0 Å². The zero-order chi connectivity index (χ0) is 12.2. The van der Waals surface area contributed by atoms with Crippen LogP contribution in [-0.4, -0.2) is 6.67 Å². The molecule has 1 rings (SSSR count). The summed E-state index contributed by atoms with van der Waals surface area (Å²) >= 11 is 0. The highest BCUT2D eigenvalue weighted by molar-refractivity contribution is 4.99. The summed E-state index contributed by atoms with van der Waals surface area (Å²) in [4.78, 5) is 0. The maximum absolute atomic E-state index is 13.0. The van der Waals surface area contributed by atoms with Gasteiger partial charge in [0.1, 0.15) is 0 Å². The molecule has 0 nitrogen and oxygen atoms in total. The summed E-state index contributed by atoms with van der Waals surface area (Å²) in [5.74, 6) is 0.752. The molecule has 0 aliphatic heterocycles. The van der Waals surface area contributed by atoms with Crippen LogP contribution in [0.1, 0.15) is 59.3 Å². The van der Waals surface area contributed by atoms with Crippen LogP contribution in [-0.2, 0) is 0 Å². The SMILES string of the molecule is C=C(C)C(C)CC1(C(C)CF)CCCCC1. The van der Waals surface area contributed by atoms with E-state index in [0.29, 0.717) is 5.92 Å². The van der Waals surface area contributed by atoms with E-state index in [1.807, 2.05) is 0 Å². The molecule has 0 heterocycles. The van der Waals surface area contributed by atoms with Crippen LogP contribution in [0.3, 0.4) is 0 Å². The molecule has 2 unspecified atom stereocenters. The summed E-state index contributed by atoms with van der Waals surface area (Å²) in [5, 5.41) is 0. The zero-order valence-electron chi connectivity index (χ0n) is 11.2. The topological polar surface area (TPSA) is 0 Å². The second-order valence-corrected chi connectivity index (χ2v) is 5.93. The van der Waals surface area contributed by atoms with Crippen molar-refractivity contribution in [3.05, 3.63) is 12.2 Å². The van der Waals surface area contributed by atoms with Crippen molar-refractivity contribution < 1.29 is 4.39 Å². The Labute approximate surface area is 100 Å². The van der Waals surface area contributed by atoms with Crippen LogP contribution in [0, 0.1) is 17.3 Å². The van der Waals surface area contributed by atoms with E-state index < -0.39 is 0 Å². The maximum atomic E-state index is 13.0. The second-order valence-electron chi connectivity index (χ2n) is 5.93. The molecule has 0 aromatic rings. The summed E-state index contributed by atoms with van der Waals surface area (Å²) in [7, 11) is 0. The minimum absolute atomic E-state index is 0.164. The molecule has 1 heteroatoms. The Hall–Kier alpha value is -0.330. The monoisotopic (exact) mass is 226 g/mol. The number of rotatable bonds is 5. The van der Waals surface area contributed by atoms with Gasteiger partial charge in [0.15, 0.2) is 0 Å². The normalized spacial score (nSPS) is 23.8. The Morgan fingerprint density at radius 3 is 2.25 bits per heavy atom. The van der Waals surface area contributed by atoms with Crippen molar-refractivity contribution in [2.45, 2.75) is 59.3 Å². The molecular formula is C15H27F. The summed E-state index contributed by atoms with van der Waals surface area (Å²) in [6, 6.07) is 0. The van der Waals surface area contributed by atoms with Gasteiger partial charge in [0.2, 0.25) is 0 Å². The second kappa shape index (κ2) is 5.84. The average molecular weight is 226 g/mol. The number of halogens is 1. The molecule has 0 spiro atoms. The molecule has 1 saturated carbocycles. The van der Waals surface area contributed by atoms with Crippen molar-refractivity contribution in [3.63, 3.8) is 0 Å². The van der Waals surface area contributed by atoms with Gasteiger partial charge in [0, 0.05) is 0 Å². The van der Waals surface area contributed by atoms with Gasteiger partial charge in [-0.1, -0.05) is 45.3 Å². The zero-order valence-corrected chi connectivity index (χ0v) is 11.2. The minimum atomic E-state index is -0.164. The van der Waals surface area contributed by atoms with Crippen molar-refractivity contribution in [1.82, 2.24) is 0 Å². The van der Waals surface area contributed by atoms with Crippen LogP contribution in [0.25, 0.3) is 0 Å². The minimum Gasteiger partial charge on any atom is -0.251 e. The highest BCUT2D eigenvalue weighted by Crippen LogP contribution is 2.48. The lowest BCUT2D eigenvalue weighted by Gasteiger charge is -2.43. The molecule has 0 aromatic heterocycles. The average Bonchev–Trinajstić information content (AvgIpc) is 2.29. The Balaban J connectivity index is 2.73.